The van der Waals surface area contributed by atoms with Crippen LogP contribution in [0.3, 0.4) is 0 Å². The summed E-state index contributed by atoms with van der Waals surface area (Å²) in [6, 6.07) is 0. The summed E-state index contributed by atoms with van der Waals surface area (Å²) in [4.78, 5) is 21.3. The molecule has 0 spiro atoms. The maximum Gasteiger partial charge on any atom is 0.309 e. The van der Waals surface area contributed by atoms with Crippen molar-refractivity contribution in [2.45, 2.75) is 25.9 Å². The lowest BCUT2D eigenvalue weighted by molar-refractivity contribution is -0.158. The summed E-state index contributed by atoms with van der Waals surface area (Å²) in [5.74, 6) is -2.97. The molecule has 0 aromatic rings. The molecule has 0 saturated carbocycles. The molecule has 0 rings (SSSR count). The van der Waals surface area contributed by atoms with E-state index in [0.717, 1.165) is 0 Å². The standard InChI is InChI=1S/C9H16O6/c1-3-6(9(12)13)7(4-8(10)11)15-5-14-2/h6-7H,3-5H2,1-2H3,(H,10,11)(H,12,13). The minimum absolute atomic E-state index is 0.109. The zero-order valence-electron chi connectivity index (χ0n) is 8.80. The summed E-state index contributed by atoms with van der Waals surface area (Å²) in [7, 11) is 1.39. The molecule has 0 heterocycles. The molecule has 0 aliphatic carbocycles. The van der Waals surface area contributed by atoms with E-state index in [9.17, 15) is 9.59 Å². The molecule has 0 radical (unpaired) electrons. The van der Waals surface area contributed by atoms with Gasteiger partial charge in [0.15, 0.2) is 0 Å². The van der Waals surface area contributed by atoms with Gasteiger partial charge in [-0.3, -0.25) is 9.59 Å². The van der Waals surface area contributed by atoms with Gasteiger partial charge in [0, 0.05) is 7.11 Å². The van der Waals surface area contributed by atoms with Crippen LogP contribution in [0.1, 0.15) is 19.8 Å². The molecule has 2 unspecified atom stereocenters. The topological polar surface area (TPSA) is 93.1 Å². The average Bonchev–Trinajstić information content (AvgIpc) is 2.13. The molecule has 0 bridgehead atoms. The summed E-state index contributed by atoms with van der Waals surface area (Å²) < 4.78 is 9.65. The van der Waals surface area contributed by atoms with E-state index < -0.39 is 24.0 Å². The van der Waals surface area contributed by atoms with E-state index >= 15 is 0 Å². The molecule has 2 N–H and O–H groups in total. The molecule has 0 aromatic carbocycles. The van der Waals surface area contributed by atoms with Crippen LogP contribution in [0.25, 0.3) is 0 Å². The SMILES string of the molecule is CCC(C(=O)O)C(CC(=O)O)OCOC. The quantitative estimate of drug-likeness (QED) is 0.580. The number of rotatable bonds is 8. The number of ether oxygens (including phenoxy) is 2. The van der Waals surface area contributed by atoms with Crippen LogP contribution in [0.15, 0.2) is 0 Å². The maximum atomic E-state index is 10.8. The summed E-state index contributed by atoms with van der Waals surface area (Å²) in [6.45, 7) is 1.56. The largest absolute Gasteiger partial charge is 0.481 e. The number of carboxylic acid groups (broad SMARTS) is 2. The highest BCUT2D eigenvalue weighted by Gasteiger charge is 2.29. The normalized spacial score (nSPS) is 14.5. The van der Waals surface area contributed by atoms with Crippen LogP contribution in [-0.2, 0) is 19.1 Å². The monoisotopic (exact) mass is 220 g/mol. The molecule has 0 saturated heterocycles. The van der Waals surface area contributed by atoms with Gasteiger partial charge in [0.05, 0.1) is 18.4 Å². The number of carbonyl (C=O) groups is 2. The Labute approximate surface area is 87.8 Å². The van der Waals surface area contributed by atoms with E-state index in [1.165, 1.54) is 7.11 Å². The number of hydrogen-bond acceptors (Lipinski definition) is 4. The van der Waals surface area contributed by atoms with E-state index in [-0.39, 0.29) is 13.2 Å². The van der Waals surface area contributed by atoms with Crippen LogP contribution in [0, 0.1) is 5.92 Å². The van der Waals surface area contributed by atoms with Crippen molar-refractivity contribution in [1.82, 2.24) is 0 Å². The van der Waals surface area contributed by atoms with E-state index in [4.69, 9.17) is 14.9 Å². The average molecular weight is 220 g/mol. The lowest BCUT2D eigenvalue weighted by Gasteiger charge is -2.21. The molecular formula is C9H16O6. The Hall–Kier alpha value is -1.14. The first-order valence-corrected chi connectivity index (χ1v) is 4.58. The van der Waals surface area contributed by atoms with Crippen molar-refractivity contribution in [2.75, 3.05) is 13.9 Å². The summed E-state index contributed by atoms with van der Waals surface area (Å²) >= 11 is 0. The van der Waals surface area contributed by atoms with Gasteiger partial charge in [-0.2, -0.15) is 0 Å². The molecule has 0 fully saturated rings. The number of methoxy groups -OCH3 is 1. The Kier molecular flexibility index (Phi) is 6.64. The van der Waals surface area contributed by atoms with Crippen LogP contribution in [0.4, 0.5) is 0 Å². The second-order valence-corrected chi connectivity index (χ2v) is 3.06. The molecule has 0 aromatic heterocycles. The molecule has 0 amide bonds. The summed E-state index contributed by atoms with van der Waals surface area (Å²) in [6.07, 6.45) is -0.879. The van der Waals surface area contributed by atoms with Gasteiger partial charge in [-0.15, -0.1) is 0 Å². The minimum Gasteiger partial charge on any atom is -0.481 e. The van der Waals surface area contributed by atoms with E-state index in [0.29, 0.717) is 6.42 Å². The predicted octanol–water partition coefficient (Wildman–Crippen LogP) is 0.561. The molecule has 6 nitrogen and oxygen atoms in total. The third-order valence-corrected chi connectivity index (χ3v) is 1.98. The minimum atomic E-state index is -1.09. The van der Waals surface area contributed by atoms with Crippen molar-refractivity contribution in [3.05, 3.63) is 0 Å². The summed E-state index contributed by atoms with van der Waals surface area (Å²) in [5.41, 5.74) is 0. The van der Waals surface area contributed by atoms with E-state index in [1.54, 1.807) is 6.92 Å². The van der Waals surface area contributed by atoms with E-state index in [1.807, 2.05) is 0 Å². The Balaban J connectivity index is 4.42. The molecule has 2 atom stereocenters. The van der Waals surface area contributed by atoms with Crippen LogP contribution < -0.4 is 0 Å². The maximum absolute atomic E-state index is 10.8. The number of carboxylic acids is 2. The van der Waals surface area contributed by atoms with Gasteiger partial charge in [0.2, 0.25) is 0 Å². The highest BCUT2D eigenvalue weighted by Crippen LogP contribution is 2.16. The highest BCUT2D eigenvalue weighted by molar-refractivity contribution is 5.73. The number of hydrogen-bond donors (Lipinski definition) is 2. The van der Waals surface area contributed by atoms with Gasteiger partial charge >= 0.3 is 11.9 Å². The van der Waals surface area contributed by atoms with Crippen molar-refractivity contribution >= 4 is 11.9 Å². The Morgan fingerprint density at radius 1 is 1.33 bits per heavy atom. The second kappa shape index (κ2) is 7.19. The van der Waals surface area contributed by atoms with Gasteiger partial charge in [-0.1, -0.05) is 6.92 Å². The first-order chi connectivity index (χ1) is 7.02. The summed E-state index contributed by atoms with van der Waals surface area (Å²) in [5, 5.41) is 17.4. The van der Waals surface area contributed by atoms with Crippen molar-refractivity contribution in [3.8, 4) is 0 Å². The molecule has 6 heteroatoms. The fourth-order valence-electron chi connectivity index (χ4n) is 1.24. The third-order valence-electron chi connectivity index (χ3n) is 1.98. The van der Waals surface area contributed by atoms with E-state index in [2.05, 4.69) is 4.74 Å². The molecule has 15 heavy (non-hydrogen) atoms. The van der Waals surface area contributed by atoms with Crippen molar-refractivity contribution in [2.24, 2.45) is 5.92 Å². The third kappa shape index (κ3) is 5.34. The Bertz CT molecular complexity index is 215. The van der Waals surface area contributed by atoms with Gasteiger partial charge in [0.25, 0.3) is 0 Å². The Morgan fingerprint density at radius 3 is 2.27 bits per heavy atom. The lowest BCUT2D eigenvalue weighted by atomic mass is 9.97. The predicted molar refractivity (Wildman–Crippen MR) is 50.4 cm³/mol. The van der Waals surface area contributed by atoms with Crippen molar-refractivity contribution in [3.63, 3.8) is 0 Å². The van der Waals surface area contributed by atoms with Gasteiger partial charge in [-0.25, -0.2) is 0 Å². The molecule has 88 valence electrons. The zero-order valence-corrected chi connectivity index (χ0v) is 8.80. The molecule has 0 aliphatic rings. The fourth-order valence-corrected chi connectivity index (χ4v) is 1.24. The highest BCUT2D eigenvalue weighted by atomic mass is 16.7. The van der Waals surface area contributed by atoms with Gasteiger partial charge in [-0.05, 0) is 6.42 Å². The smallest absolute Gasteiger partial charge is 0.309 e. The van der Waals surface area contributed by atoms with Crippen molar-refractivity contribution < 1.29 is 29.3 Å². The first-order valence-electron chi connectivity index (χ1n) is 4.58. The van der Waals surface area contributed by atoms with Gasteiger partial charge < -0.3 is 19.7 Å². The van der Waals surface area contributed by atoms with Crippen LogP contribution in [-0.4, -0.2) is 42.2 Å². The lowest BCUT2D eigenvalue weighted by Crippen LogP contribution is -2.32. The fraction of sp³-hybridized carbons (Fsp3) is 0.778. The van der Waals surface area contributed by atoms with Crippen LogP contribution in [0.2, 0.25) is 0 Å². The first kappa shape index (κ1) is 13.9. The van der Waals surface area contributed by atoms with Crippen LogP contribution in [0.5, 0.6) is 0 Å². The molecule has 0 aliphatic heterocycles. The zero-order chi connectivity index (χ0) is 11.8. The molecular weight excluding hydrogens is 204 g/mol. The van der Waals surface area contributed by atoms with Crippen LogP contribution >= 0.6 is 0 Å². The van der Waals surface area contributed by atoms with Crippen molar-refractivity contribution in [1.29, 1.82) is 0 Å². The number of aliphatic carboxylic acids is 2. The second-order valence-electron chi connectivity index (χ2n) is 3.06. The Morgan fingerprint density at radius 2 is 1.93 bits per heavy atom. The van der Waals surface area contributed by atoms with Gasteiger partial charge in [0.1, 0.15) is 6.79 Å².